The number of benzene rings is 1. The molecule has 1 aromatic heterocycles. The lowest BCUT2D eigenvalue weighted by Gasteiger charge is -2.21. The quantitative estimate of drug-likeness (QED) is 0.797. The number of methoxy groups -OCH3 is 1. The zero-order valence-corrected chi connectivity index (χ0v) is 14.3. The van der Waals surface area contributed by atoms with Crippen molar-refractivity contribution in [1.82, 2.24) is 19.9 Å². The molecule has 1 amide bonds. The van der Waals surface area contributed by atoms with Crippen LogP contribution < -0.4 is 0 Å². The number of carbonyl (C=O) groups is 1. The molecule has 1 fully saturated rings. The summed E-state index contributed by atoms with van der Waals surface area (Å²) in [5, 5.41) is 9.03. The van der Waals surface area contributed by atoms with Gasteiger partial charge in [-0.3, -0.25) is 4.79 Å². The smallest absolute Gasteiger partial charge is 0.233 e. The Morgan fingerprint density at radius 3 is 2.91 bits per heavy atom. The lowest BCUT2D eigenvalue weighted by Crippen LogP contribution is -2.31. The molecular formula is C15H17ClN4O2S. The van der Waals surface area contributed by atoms with Crippen LogP contribution in [0.2, 0.25) is 5.02 Å². The van der Waals surface area contributed by atoms with Gasteiger partial charge < -0.3 is 9.64 Å². The number of carbonyl (C=O) groups excluding carboxylic acids is 1. The molecule has 1 aromatic carbocycles. The summed E-state index contributed by atoms with van der Waals surface area (Å²) < 4.78 is 6.85. The largest absolute Gasteiger partial charge is 0.383 e. The van der Waals surface area contributed by atoms with E-state index in [-0.39, 0.29) is 11.3 Å². The van der Waals surface area contributed by atoms with Crippen LogP contribution in [0, 0.1) is 0 Å². The lowest BCUT2D eigenvalue weighted by molar-refractivity contribution is -0.128. The topological polar surface area (TPSA) is 60.2 Å². The first-order valence-electron chi connectivity index (χ1n) is 7.22. The summed E-state index contributed by atoms with van der Waals surface area (Å²) in [7, 11) is 1.63. The predicted octanol–water partition coefficient (Wildman–Crippen LogP) is 2.20. The monoisotopic (exact) mass is 352 g/mol. The average molecular weight is 353 g/mol. The van der Waals surface area contributed by atoms with Crippen LogP contribution in [0.5, 0.6) is 0 Å². The SMILES string of the molecule is COCCN1C(=O)CSC1c1cn(Cc2ccc(Cl)cc2)nn1. The highest BCUT2D eigenvalue weighted by Crippen LogP contribution is 2.37. The van der Waals surface area contributed by atoms with E-state index in [0.717, 1.165) is 11.3 Å². The van der Waals surface area contributed by atoms with E-state index < -0.39 is 0 Å². The average Bonchev–Trinajstić information content (AvgIpc) is 3.14. The van der Waals surface area contributed by atoms with Gasteiger partial charge in [0.1, 0.15) is 11.1 Å². The van der Waals surface area contributed by atoms with Crippen molar-refractivity contribution in [3.63, 3.8) is 0 Å². The van der Waals surface area contributed by atoms with Crippen LogP contribution in [-0.2, 0) is 16.1 Å². The fraction of sp³-hybridized carbons (Fsp3) is 0.400. The highest BCUT2D eigenvalue weighted by atomic mass is 35.5. The van der Waals surface area contributed by atoms with Crippen LogP contribution in [0.4, 0.5) is 0 Å². The molecule has 6 nitrogen and oxygen atoms in total. The molecule has 0 radical (unpaired) electrons. The van der Waals surface area contributed by atoms with Crippen molar-refractivity contribution in [1.29, 1.82) is 0 Å². The van der Waals surface area contributed by atoms with Gasteiger partial charge in [0.2, 0.25) is 5.91 Å². The van der Waals surface area contributed by atoms with Crippen LogP contribution in [0.3, 0.4) is 0 Å². The van der Waals surface area contributed by atoms with Gasteiger partial charge in [0, 0.05) is 18.7 Å². The maximum atomic E-state index is 12.0. The second kappa shape index (κ2) is 7.33. The van der Waals surface area contributed by atoms with E-state index in [1.54, 1.807) is 28.5 Å². The lowest BCUT2D eigenvalue weighted by atomic mass is 10.2. The number of hydrogen-bond donors (Lipinski definition) is 0. The second-order valence-corrected chi connectivity index (χ2v) is 6.72. The standard InChI is InChI=1S/C15H17ClN4O2S/c1-22-7-6-20-14(21)10-23-15(20)13-9-19(18-17-13)8-11-2-4-12(16)5-3-11/h2-5,9,15H,6-8,10H2,1H3. The number of hydrogen-bond acceptors (Lipinski definition) is 5. The zero-order chi connectivity index (χ0) is 16.2. The van der Waals surface area contributed by atoms with Crippen molar-refractivity contribution in [2.24, 2.45) is 0 Å². The molecule has 3 rings (SSSR count). The number of nitrogens with zero attached hydrogens (tertiary/aromatic N) is 4. The Kier molecular flexibility index (Phi) is 5.20. The summed E-state index contributed by atoms with van der Waals surface area (Å²) in [6.07, 6.45) is 1.89. The summed E-state index contributed by atoms with van der Waals surface area (Å²) in [5.74, 6) is 0.586. The van der Waals surface area contributed by atoms with E-state index in [0.29, 0.717) is 30.5 Å². The summed E-state index contributed by atoms with van der Waals surface area (Å²) in [4.78, 5) is 13.8. The Labute approximate surface area is 143 Å². The minimum Gasteiger partial charge on any atom is -0.383 e. The van der Waals surface area contributed by atoms with Gasteiger partial charge in [-0.05, 0) is 17.7 Å². The first-order chi connectivity index (χ1) is 11.2. The Hall–Kier alpha value is -1.57. The number of rotatable bonds is 6. The van der Waals surface area contributed by atoms with E-state index >= 15 is 0 Å². The third kappa shape index (κ3) is 3.85. The van der Waals surface area contributed by atoms with Gasteiger partial charge in [0.15, 0.2) is 0 Å². The summed E-state index contributed by atoms with van der Waals surface area (Å²) in [5.41, 5.74) is 1.89. The van der Waals surface area contributed by atoms with Gasteiger partial charge in [-0.2, -0.15) is 0 Å². The Morgan fingerprint density at radius 1 is 1.39 bits per heavy atom. The molecule has 0 aliphatic carbocycles. The van der Waals surface area contributed by atoms with E-state index in [2.05, 4.69) is 10.3 Å². The van der Waals surface area contributed by atoms with Crippen LogP contribution in [0.15, 0.2) is 30.5 Å². The molecular weight excluding hydrogens is 336 g/mol. The van der Waals surface area contributed by atoms with E-state index in [1.165, 1.54) is 0 Å². The van der Waals surface area contributed by atoms with Crippen molar-refractivity contribution in [2.45, 2.75) is 11.9 Å². The molecule has 1 atom stereocenters. The fourth-order valence-corrected chi connectivity index (χ4v) is 3.69. The molecule has 0 saturated carbocycles. The molecule has 1 saturated heterocycles. The van der Waals surface area contributed by atoms with Crippen molar-refractivity contribution in [3.8, 4) is 0 Å². The first kappa shape index (κ1) is 16.3. The van der Waals surface area contributed by atoms with Gasteiger partial charge in [-0.25, -0.2) is 4.68 Å². The normalized spacial score (nSPS) is 17.9. The molecule has 2 aromatic rings. The van der Waals surface area contributed by atoms with Crippen LogP contribution in [0.1, 0.15) is 16.6 Å². The predicted molar refractivity (Wildman–Crippen MR) is 89.4 cm³/mol. The summed E-state index contributed by atoms with van der Waals surface area (Å²) in [6.45, 7) is 1.70. The Balaban J connectivity index is 1.70. The van der Waals surface area contributed by atoms with Gasteiger partial charge >= 0.3 is 0 Å². The molecule has 23 heavy (non-hydrogen) atoms. The third-order valence-electron chi connectivity index (χ3n) is 3.57. The molecule has 1 unspecified atom stereocenters. The molecule has 1 aliphatic rings. The minimum absolute atomic E-state index is 0.0865. The van der Waals surface area contributed by atoms with Gasteiger partial charge in [0.25, 0.3) is 0 Å². The molecule has 0 N–H and O–H groups in total. The molecule has 122 valence electrons. The maximum absolute atomic E-state index is 12.0. The molecule has 8 heteroatoms. The third-order valence-corrected chi connectivity index (χ3v) is 5.05. The molecule has 2 heterocycles. The second-order valence-electron chi connectivity index (χ2n) is 5.21. The van der Waals surface area contributed by atoms with E-state index in [9.17, 15) is 4.79 Å². The van der Waals surface area contributed by atoms with E-state index in [1.807, 2.05) is 30.5 Å². The molecule has 0 bridgehead atoms. The molecule has 1 aliphatic heterocycles. The summed E-state index contributed by atoms with van der Waals surface area (Å²) in [6, 6.07) is 7.63. The number of halogens is 1. The number of amides is 1. The fourth-order valence-electron chi connectivity index (χ4n) is 2.41. The highest BCUT2D eigenvalue weighted by Gasteiger charge is 2.34. The Bertz CT molecular complexity index is 676. The number of aromatic nitrogens is 3. The minimum atomic E-state index is -0.0865. The molecule has 0 spiro atoms. The van der Waals surface area contributed by atoms with Crippen molar-refractivity contribution >= 4 is 29.3 Å². The van der Waals surface area contributed by atoms with Gasteiger partial charge in [-0.15, -0.1) is 16.9 Å². The van der Waals surface area contributed by atoms with Crippen molar-refractivity contribution < 1.29 is 9.53 Å². The van der Waals surface area contributed by atoms with E-state index in [4.69, 9.17) is 16.3 Å². The van der Waals surface area contributed by atoms with Crippen molar-refractivity contribution in [3.05, 3.63) is 46.7 Å². The van der Waals surface area contributed by atoms with Gasteiger partial charge in [0.05, 0.1) is 25.1 Å². The van der Waals surface area contributed by atoms with Crippen LogP contribution in [-0.4, -0.2) is 51.8 Å². The van der Waals surface area contributed by atoms with Crippen molar-refractivity contribution in [2.75, 3.05) is 26.0 Å². The van der Waals surface area contributed by atoms with Crippen LogP contribution in [0.25, 0.3) is 0 Å². The zero-order valence-electron chi connectivity index (χ0n) is 12.7. The van der Waals surface area contributed by atoms with Crippen LogP contribution >= 0.6 is 23.4 Å². The van der Waals surface area contributed by atoms with Gasteiger partial charge in [-0.1, -0.05) is 28.9 Å². The Morgan fingerprint density at radius 2 is 2.17 bits per heavy atom. The highest BCUT2D eigenvalue weighted by molar-refractivity contribution is 8.00. The number of thioether (sulfide) groups is 1. The summed E-state index contributed by atoms with van der Waals surface area (Å²) >= 11 is 7.46. The first-order valence-corrected chi connectivity index (χ1v) is 8.64. The maximum Gasteiger partial charge on any atom is 0.233 e. The number of ether oxygens (including phenoxy) is 1.